The number of anilines is 1. The predicted molar refractivity (Wildman–Crippen MR) is 101 cm³/mol. The summed E-state index contributed by atoms with van der Waals surface area (Å²) in [7, 11) is 1.78. The third-order valence-electron chi connectivity index (χ3n) is 4.67. The molecular formula is C19H25N5O3. The number of piperazine rings is 1. The molecule has 0 aromatic carbocycles. The largest absolute Gasteiger partial charge is 0.459 e. The molecule has 8 heteroatoms. The number of furan rings is 1. The van der Waals surface area contributed by atoms with E-state index in [2.05, 4.69) is 21.8 Å². The first kappa shape index (κ1) is 18.9. The van der Waals surface area contributed by atoms with E-state index in [0.717, 1.165) is 12.8 Å². The molecule has 0 spiro atoms. The van der Waals surface area contributed by atoms with Gasteiger partial charge < -0.3 is 19.1 Å². The zero-order chi connectivity index (χ0) is 19.2. The van der Waals surface area contributed by atoms with Crippen molar-refractivity contribution in [3.8, 4) is 0 Å². The lowest BCUT2D eigenvalue weighted by Gasteiger charge is -2.34. The molecule has 2 aromatic rings. The Bertz CT molecular complexity index is 752. The molecule has 3 heterocycles. The van der Waals surface area contributed by atoms with Crippen molar-refractivity contribution in [2.45, 2.75) is 19.8 Å². The first-order chi connectivity index (χ1) is 13.1. The molecule has 0 unspecified atom stereocenters. The van der Waals surface area contributed by atoms with Gasteiger partial charge in [0.15, 0.2) is 5.76 Å². The van der Waals surface area contributed by atoms with Crippen molar-refractivity contribution in [3.63, 3.8) is 0 Å². The van der Waals surface area contributed by atoms with E-state index in [9.17, 15) is 9.59 Å². The van der Waals surface area contributed by atoms with Gasteiger partial charge in [0, 0.05) is 39.8 Å². The van der Waals surface area contributed by atoms with Gasteiger partial charge in [-0.05, 0) is 18.6 Å². The third-order valence-corrected chi connectivity index (χ3v) is 4.67. The fourth-order valence-electron chi connectivity index (χ4n) is 2.98. The van der Waals surface area contributed by atoms with Crippen LogP contribution in [-0.4, -0.2) is 71.4 Å². The highest BCUT2D eigenvalue weighted by Crippen LogP contribution is 2.15. The van der Waals surface area contributed by atoms with Crippen LogP contribution in [-0.2, 0) is 0 Å². The van der Waals surface area contributed by atoms with Crippen LogP contribution in [0.15, 0.2) is 35.2 Å². The molecule has 1 aliphatic rings. The maximum absolute atomic E-state index is 12.3. The van der Waals surface area contributed by atoms with Gasteiger partial charge in [0.05, 0.1) is 18.7 Å². The Hall–Kier alpha value is -2.90. The van der Waals surface area contributed by atoms with Crippen LogP contribution in [0.1, 0.15) is 40.8 Å². The van der Waals surface area contributed by atoms with Crippen molar-refractivity contribution in [2.75, 3.05) is 44.7 Å². The summed E-state index contributed by atoms with van der Waals surface area (Å²) >= 11 is 0. The molecule has 0 aliphatic carbocycles. The van der Waals surface area contributed by atoms with Gasteiger partial charge in [0.1, 0.15) is 11.5 Å². The summed E-state index contributed by atoms with van der Waals surface area (Å²) in [4.78, 5) is 38.8. The maximum Gasteiger partial charge on any atom is 0.289 e. The smallest absolute Gasteiger partial charge is 0.289 e. The van der Waals surface area contributed by atoms with E-state index in [4.69, 9.17) is 4.42 Å². The number of unbranched alkanes of at least 4 members (excludes halogenated alkanes) is 1. The van der Waals surface area contributed by atoms with E-state index in [-0.39, 0.29) is 11.8 Å². The Kier molecular flexibility index (Phi) is 6.05. The summed E-state index contributed by atoms with van der Waals surface area (Å²) in [6, 6.07) is 3.38. The second-order valence-electron chi connectivity index (χ2n) is 6.60. The van der Waals surface area contributed by atoms with E-state index in [1.54, 1.807) is 35.2 Å². The van der Waals surface area contributed by atoms with E-state index < -0.39 is 0 Å². The van der Waals surface area contributed by atoms with Gasteiger partial charge >= 0.3 is 0 Å². The molecule has 0 bridgehead atoms. The fraction of sp³-hybridized carbons (Fsp3) is 0.474. The van der Waals surface area contributed by atoms with Crippen LogP contribution in [0, 0.1) is 0 Å². The van der Waals surface area contributed by atoms with Crippen molar-refractivity contribution in [2.24, 2.45) is 0 Å². The number of rotatable bonds is 6. The summed E-state index contributed by atoms with van der Waals surface area (Å²) in [6.45, 7) is 5.29. The zero-order valence-electron chi connectivity index (χ0n) is 15.8. The summed E-state index contributed by atoms with van der Waals surface area (Å²) < 4.78 is 5.18. The quantitative estimate of drug-likeness (QED) is 0.771. The average Bonchev–Trinajstić information content (AvgIpc) is 3.26. The molecule has 144 valence electrons. The SMILES string of the molecule is CCCCN(C)C(=O)c1cnc(N2CCN(C(=O)c3ccco3)CC2)cn1. The molecule has 3 rings (SSSR count). The molecule has 0 saturated carbocycles. The Morgan fingerprint density at radius 1 is 1.19 bits per heavy atom. The number of hydrogen-bond donors (Lipinski definition) is 0. The Balaban J connectivity index is 1.55. The lowest BCUT2D eigenvalue weighted by atomic mass is 10.3. The first-order valence-electron chi connectivity index (χ1n) is 9.25. The molecule has 0 N–H and O–H groups in total. The summed E-state index contributed by atoms with van der Waals surface area (Å²) in [5.74, 6) is 0.865. The molecule has 2 aromatic heterocycles. The van der Waals surface area contributed by atoms with Gasteiger partial charge in [-0.1, -0.05) is 13.3 Å². The Labute approximate surface area is 158 Å². The van der Waals surface area contributed by atoms with Gasteiger partial charge in [-0.2, -0.15) is 0 Å². The van der Waals surface area contributed by atoms with E-state index in [1.165, 1.54) is 12.5 Å². The minimum absolute atomic E-state index is 0.0956. The molecule has 27 heavy (non-hydrogen) atoms. The third kappa shape index (κ3) is 4.45. The van der Waals surface area contributed by atoms with Gasteiger partial charge in [-0.25, -0.2) is 9.97 Å². The van der Waals surface area contributed by atoms with Crippen LogP contribution >= 0.6 is 0 Å². The molecule has 1 saturated heterocycles. The molecule has 2 amide bonds. The van der Waals surface area contributed by atoms with Gasteiger partial charge in [0.2, 0.25) is 0 Å². The highest BCUT2D eigenvalue weighted by atomic mass is 16.3. The topological polar surface area (TPSA) is 82.8 Å². The highest BCUT2D eigenvalue weighted by Gasteiger charge is 2.24. The fourth-order valence-corrected chi connectivity index (χ4v) is 2.98. The molecule has 8 nitrogen and oxygen atoms in total. The minimum Gasteiger partial charge on any atom is -0.459 e. The monoisotopic (exact) mass is 371 g/mol. The summed E-state index contributed by atoms with van der Waals surface area (Å²) in [6.07, 6.45) is 6.67. The zero-order valence-corrected chi connectivity index (χ0v) is 15.8. The number of amides is 2. The number of hydrogen-bond acceptors (Lipinski definition) is 6. The number of aromatic nitrogens is 2. The van der Waals surface area contributed by atoms with Gasteiger partial charge in [-0.3, -0.25) is 9.59 Å². The van der Waals surface area contributed by atoms with Crippen molar-refractivity contribution >= 4 is 17.6 Å². The van der Waals surface area contributed by atoms with E-state index in [1.807, 2.05) is 0 Å². The van der Waals surface area contributed by atoms with Crippen molar-refractivity contribution < 1.29 is 14.0 Å². The summed E-state index contributed by atoms with van der Waals surface area (Å²) in [5, 5.41) is 0. The number of nitrogens with zero attached hydrogens (tertiary/aromatic N) is 5. The normalized spacial score (nSPS) is 14.3. The molecular weight excluding hydrogens is 346 g/mol. The first-order valence-corrected chi connectivity index (χ1v) is 9.25. The standard InChI is InChI=1S/C19H25N5O3/c1-3-4-7-22(2)18(25)15-13-21-17(14-20-15)23-8-10-24(11-9-23)19(26)16-6-5-12-27-16/h5-6,12-14H,3-4,7-11H2,1-2H3. The van der Waals surface area contributed by atoms with Crippen LogP contribution in [0.2, 0.25) is 0 Å². The van der Waals surface area contributed by atoms with Crippen LogP contribution in [0.25, 0.3) is 0 Å². The number of carbonyl (C=O) groups is 2. The number of carbonyl (C=O) groups excluding carboxylic acids is 2. The van der Waals surface area contributed by atoms with Crippen molar-refractivity contribution in [1.29, 1.82) is 0 Å². The molecule has 1 fully saturated rings. The average molecular weight is 371 g/mol. The van der Waals surface area contributed by atoms with Crippen LogP contribution in [0.5, 0.6) is 0 Å². The van der Waals surface area contributed by atoms with Gasteiger partial charge in [0.25, 0.3) is 11.8 Å². The summed E-state index contributed by atoms with van der Waals surface area (Å²) in [5.41, 5.74) is 0.351. The lowest BCUT2D eigenvalue weighted by Crippen LogP contribution is -2.49. The Morgan fingerprint density at radius 3 is 2.56 bits per heavy atom. The van der Waals surface area contributed by atoms with E-state index >= 15 is 0 Å². The predicted octanol–water partition coefficient (Wildman–Crippen LogP) is 1.90. The highest BCUT2D eigenvalue weighted by molar-refractivity contribution is 5.92. The molecule has 0 radical (unpaired) electrons. The minimum atomic E-state index is -0.114. The van der Waals surface area contributed by atoms with Crippen molar-refractivity contribution in [1.82, 2.24) is 19.8 Å². The lowest BCUT2D eigenvalue weighted by molar-refractivity contribution is 0.0713. The van der Waals surface area contributed by atoms with Crippen LogP contribution < -0.4 is 4.90 Å². The maximum atomic E-state index is 12.3. The van der Waals surface area contributed by atoms with E-state index in [0.29, 0.717) is 50.0 Å². The molecule has 1 aliphatic heterocycles. The van der Waals surface area contributed by atoms with Gasteiger partial charge in [-0.15, -0.1) is 0 Å². The van der Waals surface area contributed by atoms with Crippen LogP contribution in [0.3, 0.4) is 0 Å². The Morgan fingerprint density at radius 2 is 1.96 bits per heavy atom. The van der Waals surface area contributed by atoms with Crippen LogP contribution in [0.4, 0.5) is 5.82 Å². The second-order valence-corrected chi connectivity index (χ2v) is 6.60. The second kappa shape index (κ2) is 8.66. The van der Waals surface area contributed by atoms with Crippen molar-refractivity contribution in [3.05, 3.63) is 42.2 Å². The molecule has 0 atom stereocenters.